The Morgan fingerprint density at radius 3 is 2.95 bits per heavy atom. The van der Waals surface area contributed by atoms with Gasteiger partial charge in [0.1, 0.15) is 0 Å². The van der Waals surface area contributed by atoms with Crippen LogP contribution in [-0.4, -0.2) is 29.9 Å². The van der Waals surface area contributed by atoms with E-state index in [0.29, 0.717) is 0 Å². The molecule has 1 N–H and O–H groups in total. The number of rotatable bonds is 3. The average molecular weight is 272 g/mol. The van der Waals surface area contributed by atoms with E-state index < -0.39 is 0 Å². The summed E-state index contributed by atoms with van der Waals surface area (Å²) in [5.41, 5.74) is 2.43. The molecule has 20 heavy (non-hydrogen) atoms. The first-order valence-electron chi connectivity index (χ1n) is 7.78. The van der Waals surface area contributed by atoms with E-state index in [2.05, 4.69) is 36.5 Å². The zero-order valence-electron chi connectivity index (χ0n) is 12.5. The van der Waals surface area contributed by atoms with Crippen molar-refractivity contribution in [3.8, 4) is 0 Å². The number of amides is 1. The highest BCUT2D eigenvalue weighted by molar-refractivity contribution is 5.87. The van der Waals surface area contributed by atoms with Gasteiger partial charge in [0.25, 0.3) is 0 Å². The van der Waals surface area contributed by atoms with E-state index in [-0.39, 0.29) is 17.5 Å². The molecule has 1 amide bonds. The molecule has 2 aliphatic rings. The van der Waals surface area contributed by atoms with Crippen molar-refractivity contribution < 1.29 is 4.79 Å². The number of likely N-dealkylation sites (N-methyl/N-ethyl adjacent to an activating group) is 1. The van der Waals surface area contributed by atoms with Crippen molar-refractivity contribution in [3.05, 3.63) is 35.4 Å². The maximum atomic E-state index is 13.0. The van der Waals surface area contributed by atoms with Crippen LogP contribution in [-0.2, 0) is 11.2 Å². The van der Waals surface area contributed by atoms with Gasteiger partial charge in [-0.2, -0.15) is 0 Å². The molecular formula is C17H24N2O. The predicted octanol–water partition coefficient (Wildman–Crippen LogP) is 2.66. The zero-order chi connectivity index (χ0) is 14.2. The van der Waals surface area contributed by atoms with Crippen molar-refractivity contribution in [2.45, 2.75) is 50.6 Å². The lowest BCUT2D eigenvalue weighted by molar-refractivity contribution is -0.139. The Morgan fingerprint density at radius 1 is 1.45 bits per heavy atom. The highest BCUT2D eigenvalue weighted by Crippen LogP contribution is 2.37. The fourth-order valence-corrected chi connectivity index (χ4v) is 3.86. The van der Waals surface area contributed by atoms with Crippen molar-refractivity contribution in [3.63, 3.8) is 0 Å². The highest BCUT2D eigenvalue weighted by atomic mass is 16.2. The summed E-state index contributed by atoms with van der Waals surface area (Å²) < 4.78 is 0. The van der Waals surface area contributed by atoms with E-state index in [1.807, 2.05) is 11.9 Å². The Balaban J connectivity index is 1.83. The third-order valence-corrected chi connectivity index (χ3v) is 5.15. The maximum Gasteiger partial charge on any atom is 0.243 e. The Morgan fingerprint density at radius 2 is 2.25 bits per heavy atom. The van der Waals surface area contributed by atoms with Crippen LogP contribution in [0.25, 0.3) is 0 Å². The molecule has 2 unspecified atom stereocenters. The van der Waals surface area contributed by atoms with Gasteiger partial charge in [-0.05, 0) is 49.8 Å². The summed E-state index contributed by atoms with van der Waals surface area (Å²) >= 11 is 0. The van der Waals surface area contributed by atoms with Gasteiger partial charge in [0, 0.05) is 7.05 Å². The van der Waals surface area contributed by atoms with Gasteiger partial charge >= 0.3 is 0 Å². The molecule has 3 heteroatoms. The second-order valence-electron chi connectivity index (χ2n) is 6.14. The summed E-state index contributed by atoms with van der Waals surface area (Å²) in [5, 5.41) is 3.46. The molecule has 3 nitrogen and oxygen atoms in total. The number of aryl methyl sites for hydroxylation is 1. The standard InChI is InChI=1S/C17H24N2O/c1-3-17(11-6-12-18-17)16(20)19(2)15-10-9-13-7-4-5-8-14(13)15/h4-5,7-8,15,18H,3,6,9-12H2,1-2H3. The summed E-state index contributed by atoms with van der Waals surface area (Å²) in [6, 6.07) is 8.80. The van der Waals surface area contributed by atoms with Crippen LogP contribution >= 0.6 is 0 Å². The van der Waals surface area contributed by atoms with Gasteiger partial charge < -0.3 is 10.2 Å². The van der Waals surface area contributed by atoms with Gasteiger partial charge in [-0.3, -0.25) is 4.79 Å². The molecule has 1 saturated heterocycles. The normalized spacial score (nSPS) is 28.4. The molecule has 0 saturated carbocycles. The van der Waals surface area contributed by atoms with Crippen molar-refractivity contribution in [2.75, 3.05) is 13.6 Å². The van der Waals surface area contributed by atoms with E-state index in [9.17, 15) is 4.79 Å². The molecule has 2 atom stereocenters. The van der Waals surface area contributed by atoms with Gasteiger partial charge in [0.05, 0.1) is 11.6 Å². The number of carbonyl (C=O) groups excluding carboxylic acids is 1. The molecule has 1 aromatic carbocycles. The second kappa shape index (κ2) is 5.21. The van der Waals surface area contributed by atoms with Gasteiger partial charge in [-0.15, -0.1) is 0 Å². The number of benzene rings is 1. The van der Waals surface area contributed by atoms with Gasteiger partial charge in [0.2, 0.25) is 5.91 Å². The van der Waals surface area contributed by atoms with Crippen LogP contribution in [0.2, 0.25) is 0 Å². The molecule has 0 aromatic heterocycles. The zero-order valence-corrected chi connectivity index (χ0v) is 12.5. The molecule has 1 aliphatic carbocycles. The Labute approximate surface area is 121 Å². The lowest BCUT2D eigenvalue weighted by Crippen LogP contribution is -2.54. The van der Waals surface area contributed by atoms with Crippen molar-refractivity contribution in [2.24, 2.45) is 0 Å². The van der Waals surface area contributed by atoms with E-state index in [1.54, 1.807) is 0 Å². The number of fused-ring (bicyclic) bond motifs is 1. The molecular weight excluding hydrogens is 248 g/mol. The second-order valence-corrected chi connectivity index (χ2v) is 6.14. The molecule has 1 aromatic rings. The molecule has 108 valence electrons. The first kappa shape index (κ1) is 13.6. The Hall–Kier alpha value is -1.35. The smallest absolute Gasteiger partial charge is 0.243 e. The summed E-state index contributed by atoms with van der Waals surface area (Å²) in [6.45, 7) is 3.08. The molecule has 3 rings (SSSR count). The van der Waals surface area contributed by atoms with Crippen LogP contribution in [0.3, 0.4) is 0 Å². The minimum absolute atomic E-state index is 0.254. The fourth-order valence-electron chi connectivity index (χ4n) is 3.86. The van der Waals surface area contributed by atoms with Crippen molar-refractivity contribution in [1.29, 1.82) is 0 Å². The molecule has 1 fully saturated rings. The van der Waals surface area contributed by atoms with E-state index >= 15 is 0 Å². The maximum absolute atomic E-state index is 13.0. The van der Waals surface area contributed by atoms with Crippen molar-refractivity contribution in [1.82, 2.24) is 10.2 Å². The van der Waals surface area contributed by atoms with Gasteiger partial charge in [-0.25, -0.2) is 0 Å². The highest BCUT2D eigenvalue weighted by Gasteiger charge is 2.43. The number of hydrogen-bond donors (Lipinski definition) is 1. The van der Waals surface area contributed by atoms with E-state index in [0.717, 1.165) is 38.6 Å². The van der Waals surface area contributed by atoms with Gasteiger partial charge in [0.15, 0.2) is 0 Å². The Kier molecular flexibility index (Phi) is 3.55. The minimum Gasteiger partial charge on any atom is -0.337 e. The predicted molar refractivity (Wildman–Crippen MR) is 80.5 cm³/mol. The average Bonchev–Trinajstić information content (AvgIpc) is 3.13. The van der Waals surface area contributed by atoms with Crippen LogP contribution in [0, 0.1) is 0 Å². The SMILES string of the molecule is CCC1(C(=O)N(C)C2CCc3ccccc32)CCCN1. The lowest BCUT2D eigenvalue weighted by Gasteiger charge is -2.35. The summed E-state index contributed by atoms with van der Waals surface area (Å²) in [6.07, 6.45) is 5.10. The topological polar surface area (TPSA) is 32.3 Å². The number of carbonyl (C=O) groups is 1. The van der Waals surface area contributed by atoms with Crippen LogP contribution in [0.1, 0.15) is 49.8 Å². The van der Waals surface area contributed by atoms with E-state index in [4.69, 9.17) is 0 Å². The van der Waals surface area contributed by atoms with Gasteiger partial charge in [-0.1, -0.05) is 31.2 Å². The van der Waals surface area contributed by atoms with Crippen LogP contribution < -0.4 is 5.32 Å². The molecule has 0 bridgehead atoms. The van der Waals surface area contributed by atoms with Crippen LogP contribution in [0.4, 0.5) is 0 Å². The number of hydrogen-bond acceptors (Lipinski definition) is 2. The van der Waals surface area contributed by atoms with Crippen molar-refractivity contribution >= 4 is 5.91 Å². The fraction of sp³-hybridized carbons (Fsp3) is 0.588. The summed E-state index contributed by atoms with van der Waals surface area (Å²) in [4.78, 5) is 15.0. The summed E-state index contributed by atoms with van der Waals surface area (Å²) in [5.74, 6) is 0.277. The summed E-state index contributed by atoms with van der Waals surface area (Å²) in [7, 11) is 1.98. The molecule has 0 spiro atoms. The van der Waals surface area contributed by atoms with Crippen LogP contribution in [0.15, 0.2) is 24.3 Å². The third-order valence-electron chi connectivity index (χ3n) is 5.15. The lowest BCUT2D eigenvalue weighted by atomic mass is 9.91. The monoisotopic (exact) mass is 272 g/mol. The number of nitrogens with one attached hydrogen (secondary N) is 1. The molecule has 1 heterocycles. The first-order chi connectivity index (χ1) is 9.68. The quantitative estimate of drug-likeness (QED) is 0.917. The third kappa shape index (κ3) is 2.05. The number of nitrogens with zero attached hydrogens (tertiary/aromatic N) is 1. The first-order valence-corrected chi connectivity index (χ1v) is 7.78. The van der Waals surface area contributed by atoms with Crippen LogP contribution in [0.5, 0.6) is 0 Å². The minimum atomic E-state index is -0.313. The Bertz CT molecular complexity index is 505. The molecule has 0 radical (unpaired) electrons. The largest absolute Gasteiger partial charge is 0.337 e. The molecule has 1 aliphatic heterocycles. The van der Waals surface area contributed by atoms with E-state index in [1.165, 1.54) is 11.1 Å².